The smallest absolute Gasteiger partial charge is 0.175 e. The highest BCUT2D eigenvalue weighted by molar-refractivity contribution is 9.11. The van der Waals surface area contributed by atoms with Crippen LogP contribution in [0.5, 0.6) is 5.75 Å². The van der Waals surface area contributed by atoms with Gasteiger partial charge in [-0.2, -0.15) is 0 Å². The van der Waals surface area contributed by atoms with Crippen molar-refractivity contribution < 1.29 is 9.53 Å². The zero-order valence-electron chi connectivity index (χ0n) is 10.4. The molecule has 5 heteroatoms. The number of Topliss-reactive ketones (excluding diaryl/α,β-unsaturated/α-hetero) is 1. The largest absolute Gasteiger partial charge is 0.497 e. The molecule has 1 aromatic carbocycles. The van der Waals surface area contributed by atoms with Crippen molar-refractivity contribution in [2.24, 2.45) is 0 Å². The van der Waals surface area contributed by atoms with E-state index in [4.69, 9.17) is 4.74 Å². The first-order chi connectivity index (χ1) is 9.17. The number of methoxy groups -OCH3 is 1. The summed E-state index contributed by atoms with van der Waals surface area (Å²) in [5.41, 5.74) is 2.10. The maximum atomic E-state index is 12.1. The molecule has 2 aromatic rings. The minimum Gasteiger partial charge on any atom is -0.497 e. The zero-order valence-corrected chi connectivity index (χ0v) is 12.8. The molecule has 3 nitrogen and oxygen atoms in total. The van der Waals surface area contributed by atoms with E-state index in [1.807, 2.05) is 24.3 Å². The molecular weight excluding hydrogens is 326 g/mol. The Hall–Kier alpha value is -1.20. The summed E-state index contributed by atoms with van der Waals surface area (Å²) in [5.74, 6) is 1.26. The molecule has 0 unspecified atom stereocenters. The molecule has 1 heterocycles. The maximum Gasteiger partial charge on any atom is 0.175 e. The Labute approximate surface area is 123 Å². The van der Waals surface area contributed by atoms with Crippen LogP contribution in [-0.4, -0.2) is 17.9 Å². The molecular formula is C14H12BrNO2S. The molecule has 19 heavy (non-hydrogen) atoms. The number of hydrogen-bond acceptors (Lipinski definition) is 4. The van der Waals surface area contributed by atoms with Gasteiger partial charge >= 0.3 is 0 Å². The Morgan fingerprint density at radius 1 is 1.32 bits per heavy atom. The van der Waals surface area contributed by atoms with Crippen molar-refractivity contribution in [3.8, 4) is 5.75 Å². The fourth-order valence-electron chi connectivity index (χ4n) is 2.41. The molecule has 0 saturated carbocycles. The van der Waals surface area contributed by atoms with E-state index in [9.17, 15) is 4.79 Å². The third-order valence-corrected chi connectivity index (χ3v) is 4.97. The number of benzene rings is 1. The molecule has 0 radical (unpaired) electrons. The van der Waals surface area contributed by atoms with Gasteiger partial charge in [0.1, 0.15) is 5.75 Å². The predicted octanol–water partition coefficient (Wildman–Crippen LogP) is 3.83. The Morgan fingerprint density at radius 3 is 2.74 bits per heavy atom. The number of nitrogens with zero attached hydrogens (tertiary/aromatic N) is 1. The van der Waals surface area contributed by atoms with Gasteiger partial charge in [-0.05, 0) is 46.0 Å². The lowest BCUT2D eigenvalue weighted by Gasteiger charge is -2.20. The molecule has 98 valence electrons. The Kier molecular flexibility index (Phi) is 3.41. The van der Waals surface area contributed by atoms with Crippen LogP contribution in [0.4, 0.5) is 0 Å². The molecule has 0 saturated heterocycles. The SMILES string of the molecule is COc1ccc([C@H]2CC(=O)c3sc(Br)nc3C2)cc1. The highest BCUT2D eigenvalue weighted by Crippen LogP contribution is 2.36. The van der Waals surface area contributed by atoms with Crippen LogP contribution in [0, 0.1) is 0 Å². The molecule has 0 amide bonds. The van der Waals surface area contributed by atoms with Crippen LogP contribution in [0.25, 0.3) is 0 Å². The molecule has 1 aliphatic carbocycles. The van der Waals surface area contributed by atoms with E-state index in [-0.39, 0.29) is 11.7 Å². The second-order valence-electron chi connectivity index (χ2n) is 4.54. The summed E-state index contributed by atoms with van der Waals surface area (Å²) < 4.78 is 5.95. The first-order valence-electron chi connectivity index (χ1n) is 5.99. The molecule has 0 aliphatic heterocycles. The van der Waals surface area contributed by atoms with Gasteiger partial charge in [0, 0.05) is 6.42 Å². The molecule has 0 spiro atoms. The van der Waals surface area contributed by atoms with Gasteiger partial charge in [0.15, 0.2) is 9.70 Å². The first kappa shape index (κ1) is 12.8. The van der Waals surface area contributed by atoms with Crippen molar-refractivity contribution in [1.29, 1.82) is 0 Å². The number of carbonyl (C=O) groups excluding carboxylic acids is 1. The number of hydrogen-bond donors (Lipinski definition) is 0. The summed E-state index contributed by atoms with van der Waals surface area (Å²) in [6, 6.07) is 7.94. The highest BCUT2D eigenvalue weighted by Gasteiger charge is 2.29. The number of ketones is 1. The Morgan fingerprint density at radius 2 is 2.05 bits per heavy atom. The summed E-state index contributed by atoms with van der Waals surface area (Å²) in [4.78, 5) is 17.3. The van der Waals surface area contributed by atoms with Gasteiger partial charge in [-0.3, -0.25) is 4.79 Å². The van der Waals surface area contributed by atoms with Crippen LogP contribution in [-0.2, 0) is 6.42 Å². The summed E-state index contributed by atoms with van der Waals surface area (Å²) in [5, 5.41) is 0. The lowest BCUT2D eigenvalue weighted by Crippen LogP contribution is -2.17. The summed E-state index contributed by atoms with van der Waals surface area (Å²) in [6.07, 6.45) is 1.39. The van der Waals surface area contributed by atoms with Crippen molar-refractivity contribution in [2.45, 2.75) is 18.8 Å². The van der Waals surface area contributed by atoms with Crippen LogP contribution in [0.3, 0.4) is 0 Å². The molecule has 0 N–H and O–H groups in total. The molecule has 1 atom stereocenters. The fraction of sp³-hybridized carbons (Fsp3) is 0.286. The quantitative estimate of drug-likeness (QED) is 0.835. The number of halogens is 1. The molecule has 1 aromatic heterocycles. The van der Waals surface area contributed by atoms with E-state index in [1.165, 1.54) is 16.9 Å². The molecule has 0 bridgehead atoms. The minimum absolute atomic E-state index is 0.199. The number of carbonyl (C=O) groups is 1. The number of thiazole rings is 1. The van der Waals surface area contributed by atoms with Crippen molar-refractivity contribution >= 4 is 33.0 Å². The number of rotatable bonds is 2. The van der Waals surface area contributed by atoms with E-state index in [0.717, 1.165) is 26.7 Å². The van der Waals surface area contributed by atoms with Gasteiger partial charge in [0.25, 0.3) is 0 Å². The van der Waals surface area contributed by atoms with Gasteiger partial charge in [0.05, 0.1) is 17.7 Å². The number of aromatic nitrogens is 1. The van der Waals surface area contributed by atoms with Crippen LogP contribution in [0.1, 0.15) is 33.3 Å². The normalized spacial score (nSPS) is 18.2. The summed E-state index contributed by atoms with van der Waals surface area (Å²) in [6.45, 7) is 0. The van der Waals surface area contributed by atoms with E-state index < -0.39 is 0 Å². The highest BCUT2D eigenvalue weighted by atomic mass is 79.9. The Bertz CT molecular complexity index is 621. The van der Waals surface area contributed by atoms with Gasteiger partial charge in [-0.25, -0.2) is 4.98 Å². The van der Waals surface area contributed by atoms with Gasteiger partial charge in [0.2, 0.25) is 0 Å². The number of ether oxygens (including phenoxy) is 1. The Balaban J connectivity index is 1.89. The third kappa shape index (κ3) is 2.44. The van der Waals surface area contributed by atoms with Crippen molar-refractivity contribution in [1.82, 2.24) is 4.98 Å². The fourth-order valence-corrected chi connectivity index (χ4v) is 3.88. The van der Waals surface area contributed by atoms with Gasteiger partial charge < -0.3 is 4.74 Å². The average Bonchev–Trinajstić information content (AvgIpc) is 2.80. The lowest BCUT2D eigenvalue weighted by molar-refractivity contribution is 0.0968. The maximum absolute atomic E-state index is 12.1. The topological polar surface area (TPSA) is 39.2 Å². The van der Waals surface area contributed by atoms with Crippen molar-refractivity contribution in [2.75, 3.05) is 7.11 Å². The summed E-state index contributed by atoms with van der Waals surface area (Å²) in [7, 11) is 1.65. The van der Waals surface area contributed by atoms with Gasteiger partial charge in [-0.1, -0.05) is 12.1 Å². The van der Waals surface area contributed by atoms with E-state index >= 15 is 0 Å². The monoisotopic (exact) mass is 337 g/mol. The first-order valence-corrected chi connectivity index (χ1v) is 7.60. The lowest BCUT2D eigenvalue weighted by atomic mass is 9.84. The molecule has 0 fully saturated rings. The van der Waals surface area contributed by atoms with E-state index in [1.54, 1.807) is 7.11 Å². The van der Waals surface area contributed by atoms with Crippen LogP contribution in [0.2, 0.25) is 0 Å². The zero-order chi connectivity index (χ0) is 13.4. The van der Waals surface area contributed by atoms with Crippen LogP contribution in [0.15, 0.2) is 28.2 Å². The predicted molar refractivity (Wildman–Crippen MR) is 78.2 cm³/mol. The third-order valence-electron chi connectivity index (χ3n) is 3.38. The van der Waals surface area contributed by atoms with Crippen molar-refractivity contribution in [3.05, 3.63) is 44.3 Å². The molecule has 1 aliphatic rings. The average molecular weight is 338 g/mol. The number of fused-ring (bicyclic) bond motifs is 1. The summed E-state index contributed by atoms with van der Waals surface area (Å²) >= 11 is 4.79. The standard InChI is InChI=1S/C14H12BrNO2S/c1-18-10-4-2-8(3-5-10)9-6-11-13(12(17)7-9)19-14(15)16-11/h2-5,9H,6-7H2,1H3/t9-/m1/s1. The van der Waals surface area contributed by atoms with Crippen molar-refractivity contribution in [3.63, 3.8) is 0 Å². The van der Waals surface area contributed by atoms with Gasteiger partial charge in [-0.15, -0.1) is 11.3 Å². The second-order valence-corrected chi connectivity index (χ2v) is 6.82. The van der Waals surface area contributed by atoms with E-state index in [2.05, 4.69) is 20.9 Å². The second kappa shape index (κ2) is 5.06. The minimum atomic E-state index is 0.199. The van der Waals surface area contributed by atoms with Crippen LogP contribution >= 0.6 is 27.3 Å². The van der Waals surface area contributed by atoms with E-state index in [0.29, 0.717) is 6.42 Å². The molecule has 3 rings (SSSR count). The van der Waals surface area contributed by atoms with Crippen LogP contribution < -0.4 is 4.74 Å².